The largest absolute Gasteiger partial charge is 0.469 e. The third kappa shape index (κ3) is 2.58. The summed E-state index contributed by atoms with van der Waals surface area (Å²) < 4.78 is 11.0. The van der Waals surface area contributed by atoms with Gasteiger partial charge < -0.3 is 8.83 Å². The second-order valence-corrected chi connectivity index (χ2v) is 5.18. The molecule has 0 aliphatic heterocycles. The molecule has 0 atom stereocenters. The number of hydrogen-bond acceptors (Lipinski definition) is 4. The molecule has 23 heavy (non-hydrogen) atoms. The zero-order valence-electron chi connectivity index (χ0n) is 12.9. The van der Waals surface area contributed by atoms with Crippen LogP contribution in [0.25, 0.3) is 17.0 Å². The number of ketones is 1. The molecule has 0 N–H and O–H groups in total. The van der Waals surface area contributed by atoms with Crippen LogP contribution in [-0.2, 0) is 6.42 Å². The normalized spacial score (nSPS) is 11.6. The van der Waals surface area contributed by atoms with Crippen LogP contribution in [0.2, 0.25) is 0 Å². The first-order chi connectivity index (χ1) is 11.2. The molecule has 1 aromatic carbocycles. The Morgan fingerprint density at radius 2 is 2.09 bits per heavy atom. The predicted molar refractivity (Wildman–Crippen MR) is 87.0 cm³/mol. The first kappa shape index (κ1) is 14.9. The standard InChI is InChI=1S/C19H15NO3/c1-3-17-16(15-6-4-5-7-18(15)23-17)10-13(11-20)19(21)14-8-9-22-12(14)2/h4-10H,3H2,1-2H3/b13-10+. The maximum Gasteiger partial charge on any atom is 0.207 e. The number of carbonyl (C=O) groups excluding carboxylic acids is 1. The molecular weight excluding hydrogens is 290 g/mol. The van der Waals surface area contributed by atoms with Gasteiger partial charge in [0, 0.05) is 17.4 Å². The van der Waals surface area contributed by atoms with Gasteiger partial charge in [-0.1, -0.05) is 25.1 Å². The summed E-state index contributed by atoms with van der Waals surface area (Å²) in [5.41, 5.74) is 2.01. The van der Waals surface area contributed by atoms with E-state index < -0.39 is 0 Å². The molecule has 0 aliphatic carbocycles. The summed E-state index contributed by atoms with van der Waals surface area (Å²) in [5, 5.41) is 10.3. The van der Waals surface area contributed by atoms with Gasteiger partial charge in [0.05, 0.1) is 11.8 Å². The monoisotopic (exact) mass is 305 g/mol. The molecule has 0 saturated heterocycles. The fourth-order valence-corrected chi connectivity index (χ4v) is 2.60. The highest BCUT2D eigenvalue weighted by molar-refractivity contribution is 6.15. The third-order valence-corrected chi connectivity index (χ3v) is 3.79. The van der Waals surface area contributed by atoms with Crippen LogP contribution in [0.1, 0.15) is 34.4 Å². The van der Waals surface area contributed by atoms with Gasteiger partial charge in [0.15, 0.2) is 0 Å². The average Bonchev–Trinajstić information content (AvgIpc) is 3.15. The smallest absolute Gasteiger partial charge is 0.207 e. The first-order valence-electron chi connectivity index (χ1n) is 7.36. The second kappa shape index (κ2) is 5.98. The van der Waals surface area contributed by atoms with Gasteiger partial charge in [0.2, 0.25) is 5.78 Å². The fraction of sp³-hybridized carbons (Fsp3) is 0.158. The minimum atomic E-state index is -0.342. The van der Waals surface area contributed by atoms with Crippen molar-refractivity contribution in [2.45, 2.75) is 20.3 Å². The molecule has 114 valence electrons. The molecule has 4 nitrogen and oxygen atoms in total. The van der Waals surface area contributed by atoms with Crippen LogP contribution >= 0.6 is 0 Å². The highest BCUT2D eigenvalue weighted by atomic mass is 16.3. The van der Waals surface area contributed by atoms with Gasteiger partial charge in [-0.25, -0.2) is 0 Å². The number of nitriles is 1. The molecule has 0 fully saturated rings. The SMILES string of the molecule is CCc1oc2ccccc2c1/C=C(\C#N)C(=O)c1ccoc1C. The summed E-state index contributed by atoms with van der Waals surface area (Å²) >= 11 is 0. The van der Waals surface area contributed by atoms with Gasteiger partial charge in [-0.05, 0) is 25.1 Å². The van der Waals surface area contributed by atoms with E-state index in [2.05, 4.69) is 0 Å². The summed E-state index contributed by atoms with van der Waals surface area (Å²) in [6, 6.07) is 11.2. The molecule has 3 rings (SSSR count). The van der Waals surface area contributed by atoms with Crippen LogP contribution in [0.4, 0.5) is 0 Å². The van der Waals surface area contributed by atoms with E-state index in [9.17, 15) is 10.1 Å². The molecule has 2 aromatic heterocycles. The van der Waals surface area contributed by atoms with Crippen molar-refractivity contribution in [2.24, 2.45) is 0 Å². The number of aryl methyl sites for hydroxylation is 2. The van der Waals surface area contributed by atoms with Crippen LogP contribution in [0.5, 0.6) is 0 Å². The lowest BCUT2D eigenvalue weighted by molar-refractivity contribution is 0.103. The maximum absolute atomic E-state index is 12.5. The quantitative estimate of drug-likeness (QED) is 0.398. The number of para-hydroxylation sites is 1. The third-order valence-electron chi connectivity index (χ3n) is 3.79. The molecule has 0 radical (unpaired) electrons. The Morgan fingerprint density at radius 1 is 1.30 bits per heavy atom. The van der Waals surface area contributed by atoms with E-state index in [1.165, 1.54) is 6.26 Å². The highest BCUT2D eigenvalue weighted by Crippen LogP contribution is 2.29. The van der Waals surface area contributed by atoms with E-state index in [1.807, 2.05) is 37.3 Å². The van der Waals surface area contributed by atoms with Crippen LogP contribution in [0, 0.1) is 18.3 Å². The topological polar surface area (TPSA) is 67.1 Å². The minimum absolute atomic E-state index is 0.0655. The molecule has 0 unspecified atom stereocenters. The van der Waals surface area contributed by atoms with Crippen LogP contribution in [-0.4, -0.2) is 5.78 Å². The lowest BCUT2D eigenvalue weighted by Crippen LogP contribution is -2.02. The van der Waals surface area contributed by atoms with Crippen molar-refractivity contribution < 1.29 is 13.6 Å². The van der Waals surface area contributed by atoms with E-state index in [4.69, 9.17) is 8.83 Å². The van der Waals surface area contributed by atoms with E-state index in [-0.39, 0.29) is 11.4 Å². The van der Waals surface area contributed by atoms with E-state index in [0.717, 1.165) is 22.3 Å². The Bertz CT molecular complexity index is 951. The Labute approximate surface area is 133 Å². The Kier molecular flexibility index (Phi) is 3.86. The van der Waals surface area contributed by atoms with Gasteiger partial charge in [0.1, 0.15) is 28.7 Å². The summed E-state index contributed by atoms with van der Waals surface area (Å²) in [4.78, 5) is 12.5. The van der Waals surface area contributed by atoms with E-state index in [1.54, 1.807) is 19.1 Å². The molecule has 4 heteroatoms. The number of furan rings is 2. The van der Waals surface area contributed by atoms with E-state index >= 15 is 0 Å². The predicted octanol–water partition coefficient (Wildman–Crippen LogP) is 4.69. The summed E-state index contributed by atoms with van der Waals surface area (Å²) in [5.74, 6) is 0.922. The molecule has 0 aliphatic rings. The van der Waals surface area contributed by atoms with Crippen molar-refractivity contribution in [2.75, 3.05) is 0 Å². The zero-order chi connectivity index (χ0) is 16.4. The Morgan fingerprint density at radius 3 is 2.74 bits per heavy atom. The molecule has 3 aromatic rings. The van der Waals surface area contributed by atoms with Crippen molar-refractivity contribution in [3.63, 3.8) is 0 Å². The number of hydrogen-bond donors (Lipinski definition) is 0. The minimum Gasteiger partial charge on any atom is -0.469 e. The van der Waals surface area contributed by atoms with Crippen molar-refractivity contribution >= 4 is 22.8 Å². The molecule has 2 heterocycles. The van der Waals surface area contributed by atoms with Crippen molar-refractivity contribution in [3.8, 4) is 6.07 Å². The van der Waals surface area contributed by atoms with Crippen molar-refractivity contribution in [3.05, 3.63) is 64.8 Å². The lowest BCUT2D eigenvalue weighted by atomic mass is 10.0. The van der Waals surface area contributed by atoms with Crippen molar-refractivity contribution in [1.29, 1.82) is 5.26 Å². The highest BCUT2D eigenvalue weighted by Gasteiger charge is 2.19. The zero-order valence-corrected chi connectivity index (χ0v) is 12.9. The van der Waals surface area contributed by atoms with Gasteiger partial charge in [-0.2, -0.15) is 5.26 Å². The molecule has 0 spiro atoms. The Hall–Kier alpha value is -3.06. The molecule has 0 bridgehead atoms. The van der Waals surface area contributed by atoms with Gasteiger partial charge in [0.25, 0.3) is 0 Å². The fourth-order valence-electron chi connectivity index (χ4n) is 2.60. The number of carbonyl (C=O) groups is 1. The summed E-state index contributed by atoms with van der Waals surface area (Å²) in [7, 11) is 0. The maximum atomic E-state index is 12.5. The first-order valence-corrected chi connectivity index (χ1v) is 7.36. The van der Waals surface area contributed by atoms with E-state index in [0.29, 0.717) is 17.7 Å². The Balaban J connectivity index is 2.14. The number of benzene rings is 1. The summed E-state index contributed by atoms with van der Waals surface area (Å²) in [6.45, 7) is 3.68. The van der Waals surface area contributed by atoms with Gasteiger partial charge >= 0.3 is 0 Å². The van der Waals surface area contributed by atoms with Gasteiger partial charge in [-0.15, -0.1) is 0 Å². The lowest BCUT2D eigenvalue weighted by Gasteiger charge is -1.99. The molecule has 0 amide bonds. The van der Waals surface area contributed by atoms with Crippen LogP contribution < -0.4 is 0 Å². The van der Waals surface area contributed by atoms with Crippen LogP contribution in [0.3, 0.4) is 0 Å². The number of fused-ring (bicyclic) bond motifs is 1. The number of allylic oxidation sites excluding steroid dienone is 1. The summed E-state index contributed by atoms with van der Waals surface area (Å²) in [6.07, 6.45) is 3.74. The van der Waals surface area contributed by atoms with Crippen LogP contribution in [0.15, 0.2) is 51.0 Å². The number of nitrogens with zero attached hydrogens (tertiary/aromatic N) is 1. The molecule has 0 saturated carbocycles. The van der Waals surface area contributed by atoms with Crippen molar-refractivity contribution in [1.82, 2.24) is 0 Å². The van der Waals surface area contributed by atoms with Gasteiger partial charge in [-0.3, -0.25) is 4.79 Å². The number of rotatable bonds is 4. The second-order valence-electron chi connectivity index (χ2n) is 5.18. The molecular formula is C19H15NO3. The number of Topliss-reactive ketones (excluding diaryl/α,β-unsaturated/α-hetero) is 1. The average molecular weight is 305 g/mol.